The van der Waals surface area contributed by atoms with Crippen LogP contribution in [0.5, 0.6) is 0 Å². The normalized spacial score (nSPS) is 28.4. The number of ether oxygens (including phenoxy) is 2. The average Bonchev–Trinajstić information content (AvgIpc) is 3.30. The molecule has 3 rings (SSSR count). The monoisotopic (exact) mass is 404 g/mol. The number of anilines is 1. The molecule has 0 saturated carbocycles. The molecule has 29 heavy (non-hydrogen) atoms. The lowest BCUT2D eigenvalue weighted by molar-refractivity contribution is -0.151. The van der Waals surface area contributed by atoms with Crippen LogP contribution in [0.25, 0.3) is 0 Å². The van der Waals surface area contributed by atoms with E-state index in [9.17, 15) is 9.59 Å². The molecule has 160 valence electrons. The number of aromatic nitrogens is 2. The van der Waals surface area contributed by atoms with E-state index in [1.54, 1.807) is 0 Å². The van der Waals surface area contributed by atoms with E-state index in [1.807, 2.05) is 26.8 Å². The van der Waals surface area contributed by atoms with Crippen molar-refractivity contribution in [2.24, 2.45) is 10.8 Å². The molecule has 8 nitrogen and oxygen atoms in total. The fourth-order valence-corrected chi connectivity index (χ4v) is 4.40. The number of carbonyl (C=O) groups excluding carboxylic acids is 2. The van der Waals surface area contributed by atoms with Crippen LogP contribution >= 0.6 is 0 Å². The third kappa shape index (κ3) is 4.08. The lowest BCUT2D eigenvalue weighted by Crippen LogP contribution is -2.35. The Balaban J connectivity index is 1.78. The summed E-state index contributed by atoms with van der Waals surface area (Å²) in [6.45, 7) is 10.7. The van der Waals surface area contributed by atoms with Crippen LogP contribution in [0.1, 0.15) is 51.2 Å². The predicted octanol–water partition coefficient (Wildman–Crippen LogP) is 2.12. The summed E-state index contributed by atoms with van der Waals surface area (Å²) < 4.78 is 9.96. The summed E-state index contributed by atoms with van der Waals surface area (Å²) in [6, 6.07) is 1.94. The topological polar surface area (TPSA) is 84.9 Å². The second kappa shape index (κ2) is 7.89. The number of rotatable bonds is 5. The molecule has 1 aromatic rings. The van der Waals surface area contributed by atoms with Gasteiger partial charge in [0.2, 0.25) is 0 Å². The highest BCUT2D eigenvalue weighted by atomic mass is 16.5. The Labute approximate surface area is 172 Å². The van der Waals surface area contributed by atoms with Gasteiger partial charge in [0.25, 0.3) is 0 Å². The zero-order valence-electron chi connectivity index (χ0n) is 18.3. The molecular formula is C21H32N4O4. The van der Waals surface area contributed by atoms with Gasteiger partial charge in [-0.15, -0.1) is 0 Å². The number of methoxy groups -OCH3 is 2. The van der Waals surface area contributed by atoms with Crippen LogP contribution in [0, 0.1) is 17.8 Å². The SMILES string of the molecule is COC(=O)[C@@]1(C)CCN([C@@H](C)c2nc(C)cc(N3CC[C@@](C)(C(=O)OC)C3)n2)C1. The smallest absolute Gasteiger partial charge is 0.313 e. The summed E-state index contributed by atoms with van der Waals surface area (Å²) in [5, 5.41) is 0. The number of nitrogens with zero attached hydrogens (tertiary/aromatic N) is 4. The maximum absolute atomic E-state index is 12.1. The Morgan fingerprint density at radius 1 is 1.03 bits per heavy atom. The number of hydrogen-bond donors (Lipinski definition) is 0. The highest BCUT2D eigenvalue weighted by Gasteiger charge is 2.44. The minimum Gasteiger partial charge on any atom is -0.469 e. The van der Waals surface area contributed by atoms with Gasteiger partial charge in [0.05, 0.1) is 31.1 Å². The van der Waals surface area contributed by atoms with Gasteiger partial charge in [0, 0.05) is 37.9 Å². The molecule has 2 fully saturated rings. The van der Waals surface area contributed by atoms with Crippen molar-refractivity contribution in [3.63, 3.8) is 0 Å². The quantitative estimate of drug-likeness (QED) is 0.690. The molecule has 3 atom stereocenters. The van der Waals surface area contributed by atoms with Crippen LogP contribution in [-0.2, 0) is 19.1 Å². The number of carbonyl (C=O) groups is 2. The lowest BCUT2D eigenvalue weighted by atomic mass is 9.90. The summed E-state index contributed by atoms with van der Waals surface area (Å²) >= 11 is 0. The largest absolute Gasteiger partial charge is 0.469 e. The van der Waals surface area contributed by atoms with E-state index >= 15 is 0 Å². The van der Waals surface area contributed by atoms with Crippen LogP contribution in [0.15, 0.2) is 6.07 Å². The van der Waals surface area contributed by atoms with Crippen LogP contribution in [0.2, 0.25) is 0 Å². The molecule has 0 aromatic carbocycles. The Morgan fingerprint density at radius 2 is 1.62 bits per heavy atom. The fourth-order valence-electron chi connectivity index (χ4n) is 4.40. The molecule has 2 aliphatic heterocycles. The van der Waals surface area contributed by atoms with Crippen molar-refractivity contribution in [3.8, 4) is 0 Å². The van der Waals surface area contributed by atoms with Gasteiger partial charge in [-0.3, -0.25) is 14.5 Å². The highest BCUT2D eigenvalue weighted by Crippen LogP contribution is 2.37. The molecule has 2 saturated heterocycles. The number of likely N-dealkylation sites (tertiary alicyclic amines) is 1. The third-order valence-corrected chi connectivity index (χ3v) is 6.44. The molecular weight excluding hydrogens is 372 g/mol. The summed E-state index contributed by atoms with van der Waals surface area (Å²) in [5.41, 5.74) is -0.123. The lowest BCUT2D eigenvalue weighted by Gasteiger charge is -2.27. The average molecular weight is 405 g/mol. The van der Waals surface area contributed by atoms with E-state index in [2.05, 4.69) is 21.7 Å². The molecule has 2 aliphatic rings. The number of hydrogen-bond acceptors (Lipinski definition) is 8. The second-order valence-electron chi connectivity index (χ2n) is 8.90. The van der Waals surface area contributed by atoms with E-state index in [4.69, 9.17) is 14.5 Å². The Kier molecular flexibility index (Phi) is 5.85. The maximum Gasteiger partial charge on any atom is 0.313 e. The van der Waals surface area contributed by atoms with E-state index in [0.717, 1.165) is 43.3 Å². The van der Waals surface area contributed by atoms with Crippen molar-refractivity contribution in [2.75, 3.05) is 45.3 Å². The van der Waals surface area contributed by atoms with Gasteiger partial charge in [-0.25, -0.2) is 9.97 Å². The summed E-state index contributed by atoms with van der Waals surface area (Å²) in [4.78, 5) is 38.1. The zero-order chi connectivity index (χ0) is 21.4. The number of esters is 2. The molecule has 0 N–H and O–H groups in total. The summed E-state index contributed by atoms with van der Waals surface area (Å²) in [6.07, 6.45) is 1.49. The maximum atomic E-state index is 12.1. The highest BCUT2D eigenvalue weighted by molar-refractivity contribution is 5.78. The molecule has 0 radical (unpaired) electrons. The van der Waals surface area contributed by atoms with Gasteiger partial charge in [-0.05, 0) is 40.5 Å². The first-order valence-corrected chi connectivity index (χ1v) is 10.1. The molecule has 8 heteroatoms. The van der Waals surface area contributed by atoms with Gasteiger partial charge in [-0.2, -0.15) is 0 Å². The minimum atomic E-state index is -0.517. The van der Waals surface area contributed by atoms with Crippen molar-refractivity contribution in [1.82, 2.24) is 14.9 Å². The molecule has 1 aromatic heterocycles. The van der Waals surface area contributed by atoms with Crippen molar-refractivity contribution in [1.29, 1.82) is 0 Å². The molecule has 0 spiro atoms. The first-order valence-electron chi connectivity index (χ1n) is 10.1. The van der Waals surface area contributed by atoms with Gasteiger partial charge in [-0.1, -0.05) is 0 Å². The standard InChI is InChI=1S/C21H32N4O4/c1-14-11-16(25-10-8-21(4,13-25)19(27)29-6)23-17(22-14)15(2)24-9-7-20(3,12-24)18(26)28-5/h11,15H,7-10,12-13H2,1-6H3/t15-,20-,21+/m0/s1. The van der Waals surface area contributed by atoms with E-state index < -0.39 is 10.8 Å². The van der Waals surface area contributed by atoms with Crippen LogP contribution in [0.3, 0.4) is 0 Å². The summed E-state index contributed by atoms with van der Waals surface area (Å²) in [7, 11) is 2.87. The van der Waals surface area contributed by atoms with Crippen LogP contribution < -0.4 is 4.90 Å². The van der Waals surface area contributed by atoms with Crippen LogP contribution in [0.4, 0.5) is 5.82 Å². The Morgan fingerprint density at radius 3 is 2.24 bits per heavy atom. The summed E-state index contributed by atoms with van der Waals surface area (Å²) in [5.74, 6) is 1.22. The van der Waals surface area contributed by atoms with E-state index in [1.165, 1.54) is 14.2 Å². The van der Waals surface area contributed by atoms with E-state index in [-0.39, 0.29) is 18.0 Å². The number of aryl methyl sites for hydroxylation is 1. The zero-order valence-corrected chi connectivity index (χ0v) is 18.3. The molecule has 0 bridgehead atoms. The second-order valence-corrected chi connectivity index (χ2v) is 8.90. The predicted molar refractivity (Wildman–Crippen MR) is 108 cm³/mol. The van der Waals surface area contributed by atoms with Crippen molar-refractivity contribution >= 4 is 17.8 Å². The fraction of sp³-hybridized carbons (Fsp3) is 0.714. The molecule has 0 aliphatic carbocycles. The van der Waals surface area contributed by atoms with Crippen LogP contribution in [-0.4, -0.2) is 67.2 Å². The van der Waals surface area contributed by atoms with Crippen molar-refractivity contribution in [3.05, 3.63) is 17.6 Å². The van der Waals surface area contributed by atoms with Crippen molar-refractivity contribution in [2.45, 2.75) is 46.6 Å². The van der Waals surface area contributed by atoms with Gasteiger partial charge in [0.1, 0.15) is 11.6 Å². The Bertz CT molecular complexity index is 801. The molecule has 0 amide bonds. The van der Waals surface area contributed by atoms with E-state index in [0.29, 0.717) is 13.1 Å². The molecule has 0 unspecified atom stereocenters. The van der Waals surface area contributed by atoms with Gasteiger partial charge >= 0.3 is 11.9 Å². The van der Waals surface area contributed by atoms with Gasteiger partial charge < -0.3 is 14.4 Å². The molecule has 3 heterocycles. The van der Waals surface area contributed by atoms with Gasteiger partial charge in [0.15, 0.2) is 0 Å². The van der Waals surface area contributed by atoms with Crippen molar-refractivity contribution < 1.29 is 19.1 Å². The first-order chi connectivity index (χ1) is 13.6. The minimum absolute atomic E-state index is 0.0188. The first kappa shape index (κ1) is 21.5. The third-order valence-electron chi connectivity index (χ3n) is 6.44. The Hall–Kier alpha value is -2.22.